The molecule has 0 radical (unpaired) electrons. The number of allylic oxidation sites excluding steroid dienone is 1. The minimum atomic E-state index is -1.90. The maximum atomic E-state index is 13.7. The molecule has 7 fully saturated rings. The third-order valence-electron chi connectivity index (χ3n) is 10.6. The van der Waals surface area contributed by atoms with Gasteiger partial charge in [-0.3, -0.25) is 4.79 Å². The molecule has 8 rings (SSSR count). The van der Waals surface area contributed by atoms with Crippen molar-refractivity contribution in [3.8, 4) is 0 Å². The maximum Gasteiger partial charge on any atom is 0.205 e. The van der Waals surface area contributed by atoms with Crippen LogP contribution in [0, 0.1) is 45.8 Å². The van der Waals surface area contributed by atoms with Crippen LogP contribution in [0.15, 0.2) is 24.5 Å². The van der Waals surface area contributed by atoms with E-state index in [0.717, 1.165) is 12.0 Å². The Balaban J connectivity index is 1.46. The van der Waals surface area contributed by atoms with Crippen LogP contribution in [0.2, 0.25) is 0 Å². The molecule has 166 valence electrons. The van der Waals surface area contributed by atoms with Gasteiger partial charge in [-0.2, -0.15) is 0 Å². The number of hydrogen-bond donors (Lipinski definition) is 3. The van der Waals surface area contributed by atoms with Gasteiger partial charge in [0.2, 0.25) is 5.79 Å². The molecule has 5 aliphatic carbocycles. The van der Waals surface area contributed by atoms with E-state index in [1.807, 2.05) is 0 Å². The van der Waals surface area contributed by atoms with Gasteiger partial charge in [0.25, 0.3) is 0 Å². The molecule has 31 heavy (non-hydrogen) atoms. The van der Waals surface area contributed by atoms with Crippen LogP contribution in [0.4, 0.5) is 0 Å². The fourth-order valence-corrected chi connectivity index (χ4v) is 9.75. The Labute approximate surface area is 180 Å². The summed E-state index contributed by atoms with van der Waals surface area (Å²) in [5.41, 5.74) is -1.44. The van der Waals surface area contributed by atoms with Crippen molar-refractivity contribution in [2.45, 2.75) is 57.1 Å². The first-order valence-corrected chi connectivity index (χ1v) is 11.5. The molecule has 1 aromatic heterocycles. The molecule has 2 aliphatic heterocycles. The molecular weight excluding hydrogens is 398 g/mol. The highest BCUT2D eigenvalue weighted by atomic mass is 16.6. The fraction of sp³-hybridized carbons (Fsp3) is 0.783. The molecule has 0 aromatic carbocycles. The Hall–Kier alpha value is -1.61. The van der Waals surface area contributed by atoms with Crippen LogP contribution in [-0.4, -0.2) is 60.7 Å². The number of aliphatic hydroxyl groups excluding tert-OH is 2. The number of ether oxygens (including phenoxy) is 1. The van der Waals surface area contributed by atoms with Gasteiger partial charge in [-0.1, -0.05) is 31.2 Å². The Morgan fingerprint density at radius 2 is 2.03 bits per heavy atom. The minimum Gasteiger partial charge on any atom is -0.390 e. The summed E-state index contributed by atoms with van der Waals surface area (Å²) < 4.78 is 7.79. The third-order valence-corrected chi connectivity index (χ3v) is 10.6. The molecule has 3 N–H and O–H groups in total. The largest absolute Gasteiger partial charge is 0.390 e. The van der Waals surface area contributed by atoms with E-state index >= 15 is 0 Å². The van der Waals surface area contributed by atoms with E-state index in [9.17, 15) is 20.1 Å². The van der Waals surface area contributed by atoms with Gasteiger partial charge in [0.1, 0.15) is 6.10 Å². The molecule has 7 aliphatic rings. The highest BCUT2D eigenvalue weighted by Crippen LogP contribution is 2.83. The van der Waals surface area contributed by atoms with Crippen LogP contribution in [0.1, 0.15) is 39.2 Å². The number of hydrogen-bond acceptors (Lipinski definition) is 7. The van der Waals surface area contributed by atoms with E-state index in [4.69, 9.17) is 4.74 Å². The average molecular weight is 428 g/mol. The minimum absolute atomic E-state index is 0.0459. The van der Waals surface area contributed by atoms with Crippen molar-refractivity contribution in [1.82, 2.24) is 15.0 Å². The first kappa shape index (κ1) is 18.9. The smallest absolute Gasteiger partial charge is 0.205 e. The molecule has 2 saturated heterocycles. The van der Waals surface area contributed by atoms with Gasteiger partial charge < -0.3 is 20.1 Å². The van der Waals surface area contributed by atoms with Crippen LogP contribution in [-0.2, 0) is 9.53 Å². The predicted molar refractivity (Wildman–Crippen MR) is 106 cm³/mol. The zero-order valence-corrected chi connectivity index (χ0v) is 17.8. The normalized spacial score (nSPS) is 58.0. The van der Waals surface area contributed by atoms with Crippen molar-refractivity contribution in [2.24, 2.45) is 45.8 Å². The number of fused-ring (bicyclic) bond motifs is 1. The third kappa shape index (κ3) is 1.59. The van der Waals surface area contributed by atoms with E-state index in [1.54, 1.807) is 17.1 Å². The lowest BCUT2D eigenvalue weighted by Crippen LogP contribution is -2.92. The van der Waals surface area contributed by atoms with Gasteiger partial charge in [-0.05, 0) is 42.4 Å². The number of carbonyl (C=O) groups is 1. The van der Waals surface area contributed by atoms with Gasteiger partial charge in [-0.25, -0.2) is 4.68 Å². The zero-order valence-electron chi connectivity index (χ0n) is 17.8. The van der Waals surface area contributed by atoms with Crippen LogP contribution >= 0.6 is 0 Å². The van der Waals surface area contributed by atoms with Crippen molar-refractivity contribution >= 4 is 5.78 Å². The van der Waals surface area contributed by atoms with Gasteiger partial charge in [0, 0.05) is 23.4 Å². The SMILES string of the molecule is C=C1C2C(=O)[C@]34[C@H]2[C@H]1CC[C@H]3[C@@]12CO[C@]4(O)[C@@H](O)[C@@H]1C(C)(C)C[C@H](n1ccnn1)[C@H]2O. The van der Waals surface area contributed by atoms with Crippen molar-refractivity contribution in [1.29, 1.82) is 0 Å². The van der Waals surface area contributed by atoms with Crippen LogP contribution in [0.3, 0.4) is 0 Å². The van der Waals surface area contributed by atoms with E-state index in [-0.39, 0.29) is 42.1 Å². The highest BCUT2D eigenvalue weighted by molar-refractivity contribution is 6.01. The first-order chi connectivity index (χ1) is 14.6. The molecule has 0 amide bonds. The summed E-state index contributed by atoms with van der Waals surface area (Å²) in [6, 6.07) is -0.342. The number of rotatable bonds is 1. The number of nitrogens with zero attached hydrogens (tertiary/aromatic N) is 3. The highest BCUT2D eigenvalue weighted by Gasteiger charge is 2.91. The lowest BCUT2D eigenvalue weighted by Gasteiger charge is -2.83. The molecule has 5 saturated carbocycles. The number of ketones is 1. The second-order valence-electron chi connectivity index (χ2n) is 11.7. The summed E-state index contributed by atoms with van der Waals surface area (Å²) in [7, 11) is 0. The van der Waals surface area contributed by atoms with Crippen LogP contribution in [0.25, 0.3) is 0 Å². The van der Waals surface area contributed by atoms with E-state index in [1.165, 1.54) is 0 Å². The summed E-state index contributed by atoms with van der Waals surface area (Å²) in [6.45, 7) is 8.43. The summed E-state index contributed by atoms with van der Waals surface area (Å²) in [6.07, 6.45) is 3.44. The number of Topliss-reactive ketones (excluding diaryl/α,β-unsaturated/α-hetero) is 1. The summed E-state index contributed by atoms with van der Waals surface area (Å²) in [5, 5.41) is 43.6. The quantitative estimate of drug-likeness (QED) is 0.565. The summed E-state index contributed by atoms with van der Waals surface area (Å²) >= 11 is 0. The van der Waals surface area contributed by atoms with Gasteiger partial charge in [0.15, 0.2) is 5.78 Å². The topological polar surface area (TPSA) is 118 Å². The van der Waals surface area contributed by atoms with Gasteiger partial charge in [0.05, 0.1) is 30.4 Å². The number of carbonyl (C=O) groups excluding carboxylic acids is 1. The molecule has 3 heterocycles. The molecule has 2 bridgehead atoms. The molecule has 1 aromatic rings. The second-order valence-corrected chi connectivity index (χ2v) is 11.7. The Bertz CT molecular complexity index is 1020. The molecule has 11 atom stereocenters. The summed E-state index contributed by atoms with van der Waals surface area (Å²) in [5.74, 6) is -2.68. The monoisotopic (exact) mass is 427 g/mol. The van der Waals surface area contributed by atoms with Crippen molar-refractivity contribution in [3.05, 3.63) is 24.5 Å². The van der Waals surface area contributed by atoms with Crippen molar-refractivity contribution in [3.63, 3.8) is 0 Å². The number of aromatic nitrogens is 3. The number of aliphatic hydroxyl groups is 3. The zero-order chi connectivity index (χ0) is 21.7. The maximum absolute atomic E-state index is 13.7. The molecule has 8 heteroatoms. The standard InChI is InChI=1S/C23H29N3O5/c1-10-11-4-5-13-21-9-31-23(30,22(13)15(11)14(10)18(22)28)19(29)16(21)20(2,3)8-12(17(21)27)26-7-6-24-25-26/h6-7,11-17,19,27,29-30H,1,4-5,8-9H2,2-3H3/t11-,12-,13-,14?,15-,16+,17+,19-,21-,22+,23+/m0/s1. The predicted octanol–water partition coefficient (Wildman–Crippen LogP) is 0.703. The lowest BCUT2D eigenvalue weighted by atomic mass is 9.23. The Kier molecular flexibility index (Phi) is 3.13. The molecule has 2 spiro atoms. The molecular formula is C23H29N3O5. The fourth-order valence-electron chi connectivity index (χ4n) is 9.75. The molecule has 1 unspecified atom stereocenters. The Morgan fingerprint density at radius 3 is 2.74 bits per heavy atom. The first-order valence-electron chi connectivity index (χ1n) is 11.5. The van der Waals surface area contributed by atoms with E-state index in [0.29, 0.717) is 12.8 Å². The average Bonchev–Trinajstić information content (AvgIpc) is 3.24. The van der Waals surface area contributed by atoms with Crippen LogP contribution < -0.4 is 0 Å². The van der Waals surface area contributed by atoms with E-state index in [2.05, 4.69) is 30.7 Å². The van der Waals surface area contributed by atoms with Crippen LogP contribution in [0.5, 0.6) is 0 Å². The second kappa shape index (κ2) is 5.14. The van der Waals surface area contributed by atoms with E-state index < -0.39 is 40.2 Å². The lowest BCUT2D eigenvalue weighted by molar-refractivity contribution is -0.477. The van der Waals surface area contributed by atoms with Gasteiger partial charge in [-0.15, -0.1) is 5.10 Å². The van der Waals surface area contributed by atoms with Gasteiger partial charge >= 0.3 is 0 Å². The van der Waals surface area contributed by atoms with Crippen molar-refractivity contribution in [2.75, 3.05) is 6.61 Å². The molecule has 8 nitrogen and oxygen atoms in total. The summed E-state index contributed by atoms with van der Waals surface area (Å²) in [4.78, 5) is 13.7. The van der Waals surface area contributed by atoms with Crippen molar-refractivity contribution < 1.29 is 24.9 Å². The Morgan fingerprint density at radius 1 is 1.26 bits per heavy atom.